The highest BCUT2D eigenvalue weighted by molar-refractivity contribution is 7.86. The molecule has 0 bridgehead atoms. The number of aromatic nitrogens is 3. The van der Waals surface area contributed by atoms with Crippen LogP contribution in [0, 0.1) is 0 Å². The van der Waals surface area contributed by atoms with E-state index >= 15 is 0 Å². The first-order valence-electron chi connectivity index (χ1n) is 13.5. The van der Waals surface area contributed by atoms with E-state index in [0.717, 1.165) is 31.7 Å². The number of nitrogens with zero attached hydrogens (tertiary/aromatic N) is 4. The molecule has 1 aliphatic heterocycles. The van der Waals surface area contributed by atoms with Gasteiger partial charge in [0.1, 0.15) is 23.1 Å². The molecule has 4 rings (SSSR count). The number of nitrogens with one attached hydrogen (secondary N) is 1. The Balaban J connectivity index is 1.56. The van der Waals surface area contributed by atoms with Crippen molar-refractivity contribution in [2.45, 2.75) is 68.5 Å². The van der Waals surface area contributed by atoms with Crippen molar-refractivity contribution in [3.8, 4) is 5.95 Å². The van der Waals surface area contributed by atoms with E-state index < -0.39 is 45.1 Å². The van der Waals surface area contributed by atoms with Gasteiger partial charge in [-0.1, -0.05) is 49.9 Å². The molecule has 15 heteroatoms. The molecule has 1 aromatic carbocycles. The molecule has 0 aliphatic carbocycles. The number of methoxy groups -OCH3 is 1. The molecule has 42 heavy (non-hydrogen) atoms. The molecule has 3 aromatic rings. The van der Waals surface area contributed by atoms with Gasteiger partial charge >= 0.3 is 11.9 Å². The molecule has 1 fully saturated rings. The van der Waals surface area contributed by atoms with Gasteiger partial charge < -0.3 is 28.8 Å². The van der Waals surface area contributed by atoms with Crippen LogP contribution in [0.4, 0.5) is 5.82 Å². The van der Waals surface area contributed by atoms with Crippen LogP contribution in [-0.4, -0.2) is 76.2 Å². The van der Waals surface area contributed by atoms with Crippen molar-refractivity contribution in [2.75, 3.05) is 19.0 Å². The Morgan fingerprint density at radius 1 is 1.19 bits per heavy atom. The molecular weight excluding hydrogens is 570 g/mol. The second kappa shape index (κ2) is 13.6. The van der Waals surface area contributed by atoms with Gasteiger partial charge in [0.15, 0.2) is 5.82 Å². The summed E-state index contributed by atoms with van der Waals surface area (Å²) in [4.78, 5) is 44.6. The summed E-state index contributed by atoms with van der Waals surface area (Å²) in [7, 11) is -3.39. The van der Waals surface area contributed by atoms with Crippen LogP contribution in [-0.2, 0) is 24.4 Å². The maximum Gasteiger partial charge on any atom is 0.328 e. The van der Waals surface area contributed by atoms with E-state index in [-0.39, 0.29) is 36.2 Å². The van der Waals surface area contributed by atoms with E-state index in [0.29, 0.717) is 6.42 Å². The lowest BCUT2D eigenvalue weighted by atomic mass is 10.1. The first-order chi connectivity index (χ1) is 20.1. The minimum Gasteiger partial charge on any atom is -0.467 e. The lowest BCUT2D eigenvalue weighted by molar-refractivity contribution is -0.152. The standard InChI is InChI=1S/C27H33N5O9S/c1-3-4-5-6-10-20(26(34)32-15-18(14-21(32)27(35)39-2)40-24-12-13-29-41-24)31-16-23(28-17-31)30-25(33)19-9-7-8-11-22(19)42(36,37)38/h7-9,11-13,16-18,20-21H,3-6,10,14-15H2,1-2H3,(H,30,33)(H,36,37,38)/t18-,20+,21-/m0/s1. The van der Waals surface area contributed by atoms with Gasteiger partial charge in [-0.25, -0.2) is 9.78 Å². The normalized spacial score (nSPS) is 17.5. The van der Waals surface area contributed by atoms with Crippen LogP contribution >= 0.6 is 0 Å². The number of anilines is 1. The highest BCUT2D eigenvalue weighted by atomic mass is 32.2. The predicted molar refractivity (Wildman–Crippen MR) is 147 cm³/mol. The summed E-state index contributed by atoms with van der Waals surface area (Å²) in [6.07, 6.45) is 7.97. The number of likely N-dealkylation sites (tertiary alicyclic amines) is 1. The van der Waals surface area contributed by atoms with E-state index in [2.05, 4.69) is 22.4 Å². The second-order valence-electron chi connectivity index (χ2n) is 9.83. The fraction of sp³-hybridized carbons (Fsp3) is 0.444. The number of unbranched alkanes of at least 4 members (excludes halogenated alkanes) is 3. The number of carbonyl (C=O) groups is 3. The molecule has 0 unspecified atom stereocenters. The summed E-state index contributed by atoms with van der Waals surface area (Å²) in [6.45, 7) is 2.18. The van der Waals surface area contributed by atoms with Gasteiger partial charge in [-0.2, -0.15) is 8.42 Å². The van der Waals surface area contributed by atoms with E-state index in [1.807, 2.05) is 0 Å². The summed E-state index contributed by atoms with van der Waals surface area (Å²) in [5.41, 5.74) is -0.266. The molecule has 1 saturated heterocycles. The third kappa shape index (κ3) is 7.33. The Bertz CT molecular complexity index is 1490. The first-order valence-corrected chi connectivity index (χ1v) is 14.9. The fourth-order valence-corrected chi connectivity index (χ4v) is 5.59. The number of amides is 2. The number of hydrogen-bond acceptors (Lipinski definition) is 10. The topological polar surface area (TPSA) is 183 Å². The summed E-state index contributed by atoms with van der Waals surface area (Å²) < 4.78 is 50.3. The van der Waals surface area contributed by atoms with Crippen LogP contribution in [0.3, 0.4) is 0 Å². The minimum absolute atomic E-state index is 0.0639. The molecule has 0 spiro atoms. The average Bonchev–Trinajstić information content (AvgIpc) is 3.74. The van der Waals surface area contributed by atoms with Crippen LogP contribution in [0.2, 0.25) is 0 Å². The molecule has 3 heterocycles. The number of carbonyl (C=O) groups excluding carboxylic acids is 3. The quantitative estimate of drug-likeness (QED) is 0.166. The highest BCUT2D eigenvalue weighted by Crippen LogP contribution is 2.29. The van der Waals surface area contributed by atoms with Crippen LogP contribution in [0.25, 0.3) is 0 Å². The molecule has 2 aromatic heterocycles. The maximum absolute atomic E-state index is 14.0. The summed E-state index contributed by atoms with van der Waals surface area (Å²) in [6, 6.07) is 5.09. The number of esters is 1. The van der Waals surface area contributed by atoms with E-state index in [9.17, 15) is 27.4 Å². The van der Waals surface area contributed by atoms with Crippen molar-refractivity contribution in [1.82, 2.24) is 19.6 Å². The summed E-state index contributed by atoms with van der Waals surface area (Å²) >= 11 is 0. The maximum atomic E-state index is 14.0. The SMILES string of the molecule is CCCCCC[C@H](C(=O)N1C[C@@H](Oc2ccno2)C[C@H]1C(=O)OC)n1cnc(NC(=O)c2ccccc2S(=O)(=O)O)c1. The second-order valence-corrected chi connectivity index (χ2v) is 11.2. The molecular formula is C27H33N5O9S. The van der Waals surface area contributed by atoms with Gasteiger partial charge in [0.2, 0.25) is 5.91 Å². The molecule has 3 atom stereocenters. The molecule has 2 N–H and O–H groups in total. The zero-order valence-corrected chi connectivity index (χ0v) is 24.0. The van der Waals surface area contributed by atoms with Crippen molar-refractivity contribution in [1.29, 1.82) is 0 Å². The van der Waals surface area contributed by atoms with Crippen molar-refractivity contribution >= 4 is 33.7 Å². The zero-order valence-electron chi connectivity index (χ0n) is 23.2. The molecule has 0 radical (unpaired) electrons. The Morgan fingerprint density at radius 2 is 1.98 bits per heavy atom. The lowest BCUT2D eigenvalue weighted by Crippen LogP contribution is -2.44. The van der Waals surface area contributed by atoms with Gasteiger partial charge in [0, 0.05) is 18.7 Å². The van der Waals surface area contributed by atoms with E-state index in [1.165, 1.54) is 55.0 Å². The third-order valence-corrected chi connectivity index (χ3v) is 7.86. The van der Waals surface area contributed by atoms with Crippen LogP contribution in [0.1, 0.15) is 61.8 Å². The molecule has 226 valence electrons. The monoisotopic (exact) mass is 603 g/mol. The van der Waals surface area contributed by atoms with Gasteiger partial charge in [-0.05, 0) is 18.6 Å². The number of benzene rings is 1. The number of rotatable bonds is 13. The third-order valence-electron chi connectivity index (χ3n) is 6.94. The predicted octanol–water partition coefficient (Wildman–Crippen LogP) is 3.10. The molecule has 14 nitrogen and oxygen atoms in total. The minimum atomic E-state index is -4.64. The Kier molecular flexibility index (Phi) is 9.96. The molecule has 2 amide bonds. The van der Waals surface area contributed by atoms with Crippen molar-refractivity contribution in [3.63, 3.8) is 0 Å². The first kappa shape index (κ1) is 30.7. The lowest BCUT2D eigenvalue weighted by Gasteiger charge is -2.28. The van der Waals surface area contributed by atoms with Gasteiger partial charge in [-0.3, -0.25) is 14.1 Å². The van der Waals surface area contributed by atoms with Crippen molar-refractivity contribution in [2.24, 2.45) is 0 Å². The van der Waals surface area contributed by atoms with Crippen molar-refractivity contribution in [3.05, 3.63) is 54.6 Å². The highest BCUT2D eigenvalue weighted by Gasteiger charge is 2.44. The van der Waals surface area contributed by atoms with E-state index in [1.54, 1.807) is 4.57 Å². The van der Waals surface area contributed by atoms with E-state index in [4.69, 9.17) is 14.0 Å². The van der Waals surface area contributed by atoms with Gasteiger partial charge in [0.05, 0.1) is 31.7 Å². The fourth-order valence-electron chi connectivity index (χ4n) is 4.91. The zero-order chi connectivity index (χ0) is 30.3. The smallest absolute Gasteiger partial charge is 0.328 e. The Hall–Kier alpha value is -4.24. The largest absolute Gasteiger partial charge is 0.467 e. The number of ether oxygens (including phenoxy) is 2. The van der Waals surface area contributed by atoms with Gasteiger partial charge in [-0.15, -0.1) is 0 Å². The summed E-state index contributed by atoms with van der Waals surface area (Å²) in [5.74, 6) is -1.50. The van der Waals surface area contributed by atoms with Crippen molar-refractivity contribution < 1.29 is 41.4 Å². The van der Waals surface area contributed by atoms with Crippen LogP contribution in [0.15, 0.2) is 58.5 Å². The Morgan fingerprint density at radius 3 is 2.67 bits per heavy atom. The molecule has 1 aliphatic rings. The number of hydrogen-bond donors (Lipinski definition) is 2. The van der Waals surface area contributed by atoms with Crippen LogP contribution in [0.5, 0.6) is 5.95 Å². The average molecular weight is 604 g/mol. The molecule has 0 saturated carbocycles. The number of imidazole rings is 1. The van der Waals surface area contributed by atoms with Crippen LogP contribution < -0.4 is 10.1 Å². The Labute approximate surface area is 242 Å². The summed E-state index contributed by atoms with van der Waals surface area (Å²) in [5, 5.41) is 6.13. The van der Waals surface area contributed by atoms with Gasteiger partial charge in [0.25, 0.3) is 16.0 Å².